The van der Waals surface area contributed by atoms with Crippen molar-refractivity contribution in [3.8, 4) is 12.5 Å². The van der Waals surface area contributed by atoms with Gasteiger partial charge in [-0.1, -0.05) is 6.42 Å². The van der Waals surface area contributed by atoms with E-state index in [2.05, 4.69) is 4.74 Å². The van der Waals surface area contributed by atoms with Crippen molar-refractivity contribution in [2.45, 2.75) is 0 Å². The van der Waals surface area contributed by atoms with E-state index in [1.807, 2.05) is 11.0 Å². The highest BCUT2D eigenvalue weighted by Gasteiger charge is 2.14. The zero-order valence-electron chi connectivity index (χ0n) is 6.78. The Hall–Kier alpha value is -1.05. The third-order valence-electron chi connectivity index (χ3n) is 1.63. The Morgan fingerprint density at radius 3 is 2.83 bits per heavy atom. The minimum Gasteiger partial charge on any atom is -0.379 e. The first-order chi connectivity index (χ1) is 5.83. The molecule has 0 saturated carbocycles. The predicted octanol–water partition coefficient (Wildman–Crippen LogP) is -0.548. The third-order valence-corrected chi connectivity index (χ3v) is 1.63. The third kappa shape index (κ3) is 2.91. The second-order valence-corrected chi connectivity index (χ2v) is 2.48. The molecule has 1 saturated heterocycles. The number of esters is 1. The Bertz CT molecular complexity index is 191. The summed E-state index contributed by atoms with van der Waals surface area (Å²) in [4.78, 5) is 12.8. The maximum absolute atomic E-state index is 10.9. The van der Waals surface area contributed by atoms with E-state index in [4.69, 9.17) is 11.2 Å². The molecule has 0 N–H and O–H groups in total. The van der Waals surface area contributed by atoms with Gasteiger partial charge in [0.15, 0.2) is 0 Å². The Morgan fingerprint density at radius 1 is 1.58 bits per heavy atom. The van der Waals surface area contributed by atoms with Crippen molar-refractivity contribution in [2.75, 3.05) is 32.8 Å². The van der Waals surface area contributed by atoms with Gasteiger partial charge in [-0.15, -0.1) is 0 Å². The molecule has 12 heavy (non-hydrogen) atoms. The lowest BCUT2D eigenvalue weighted by molar-refractivity contribution is -0.139. The molecule has 0 aromatic rings. The summed E-state index contributed by atoms with van der Waals surface area (Å²) >= 11 is 0. The van der Waals surface area contributed by atoms with Crippen LogP contribution in [-0.2, 0) is 14.3 Å². The van der Waals surface area contributed by atoms with Gasteiger partial charge in [-0.2, -0.15) is 0 Å². The van der Waals surface area contributed by atoms with Crippen LogP contribution in [0.3, 0.4) is 0 Å². The highest BCUT2D eigenvalue weighted by molar-refractivity contribution is 5.72. The summed E-state index contributed by atoms with van der Waals surface area (Å²) < 4.78 is 9.46. The smallest absolute Gasteiger partial charge is 0.334 e. The molecule has 0 aromatic heterocycles. The molecule has 0 radical (unpaired) electrons. The van der Waals surface area contributed by atoms with E-state index in [-0.39, 0.29) is 12.5 Å². The molecule has 0 aromatic carbocycles. The minimum atomic E-state index is -0.376. The van der Waals surface area contributed by atoms with Gasteiger partial charge < -0.3 is 9.47 Å². The van der Waals surface area contributed by atoms with Crippen LogP contribution in [0.1, 0.15) is 0 Å². The number of hydrogen-bond acceptors (Lipinski definition) is 4. The fraction of sp³-hybridized carbons (Fsp3) is 0.625. The average molecular weight is 169 g/mol. The molecule has 0 amide bonds. The molecule has 0 bridgehead atoms. The zero-order chi connectivity index (χ0) is 8.81. The Balaban J connectivity index is 2.21. The van der Waals surface area contributed by atoms with E-state index in [1.165, 1.54) is 0 Å². The number of hydrogen-bond donors (Lipinski definition) is 0. The SMILES string of the molecule is C#COC(=O)CN1CCOCC1. The lowest BCUT2D eigenvalue weighted by Crippen LogP contribution is -2.39. The summed E-state index contributed by atoms with van der Waals surface area (Å²) in [6.45, 7) is 3.12. The molecule has 66 valence electrons. The molecule has 1 heterocycles. The van der Waals surface area contributed by atoms with Crippen LogP contribution in [0.25, 0.3) is 0 Å². The lowest BCUT2D eigenvalue weighted by Gasteiger charge is -2.24. The van der Waals surface area contributed by atoms with Crippen molar-refractivity contribution >= 4 is 5.97 Å². The molecule has 0 aliphatic carbocycles. The summed E-state index contributed by atoms with van der Waals surface area (Å²) in [5.41, 5.74) is 0. The summed E-state index contributed by atoms with van der Waals surface area (Å²) in [5, 5.41) is 0. The highest BCUT2D eigenvalue weighted by Crippen LogP contribution is 1.96. The molecular weight excluding hydrogens is 158 g/mol. The van der Waals surface area contributed by atoms with Crippen molar-refractivity contribution in [3.63, 3.8) is 0 Å². The lowest BCUT2D eigenvalue weighted by atomic mass is 10.4. The quantitative estimate of drug-likeness (QED) is 0.411. The van der Waals surface area contributed by atoms with E-state index in [9.17, 15) is 4.79 Å². The van der Waals surface area contributed by atoms with Gasteiger partial charge in [0.1, 0.15) is 6.11 Å². The predicted molar refractivity (Wildman–Crippen MR) is 42.2 cm³/mol. The molecule has 1 rings (SSSR count). The maximum Gasteiger partial charge on any atom is 0.334 e. The minimum absolute atomic E-state index is 0.257. The number of nitrogens with zero attached hydrogens (tertiary/aromatic N) is 1. The van der Waals surface area contributed by atoms with Gasteiger partial charge in [-0.3, -0.25) is 4.90 Å². The number of carbonyl (C=O) groups excluding carboxylic acids is 1. The summed E-state index contributed by atoms with van der Waals surface area (Å²) in [5.74, 6) is -0.376. The van der Waals surface area contributed by atoms with Crippen LogP contribution in [0, 0.1) is 12.5 Å². The second-order valence-electron chi connectivity index (χ2n) is 2.48. The first kappa shape index (κ1) is 9.04. The van der Waals surface area contributed by atoms with Crippen molar-refractivity contribution < 1.29 is 14.3 Å². The normalized spacial score (nSPS) is 18.2. The van der Waals surface area contributed by atoms with Crippen LogP contribution in [-0.4, -0.2) is 43.7 Å². The molecule has 0 atom stereocenters. The van der Waals surface area contributed by atoms with Crippen molar-refractivity contribution in [1.29, 1.82) is 0 Å². The van der Waals surface area contributed by atoms with Crippen LogP contribution < -0.4 is 0 Å². The van der Waals surface area contributed by atoms with E-state index in [1.54, 1.807) is 0 Å². The van der Waals surface area contributed by atoms with Gasteiger partial charge in [0.25, 0.3) is 0 Å². The van der Waals surface area contributed by atoms with Crippen molar-refractivity contribution in [3.05, 3.63) is 0 Å². The molecule has 4 nitrogen and oxygen atoms in total. The van der Waals surface area contributed by atoms with Crippen LogP contribution >= 0.6 is 0 Å². The Labute approximate surface area is 71.4 Å². The van der Waals surface area contributed by atoms with Crippen LogP contribution in [0.2, 0.25) is 0 Å². The molecular formula is C8H11NO3. The van der Waals surface area contributed by atoms with E-state index in [0.29, 0.717) is 13.2 Å². The number of ether oxygens (including phenoxy) is 2. The zero-order valence-corrected chi connectivity index (χ0v) is 6.78. The van der Waals surface area contributed by atoms with E-state index < -0.39 is 0 Å². The van der Waals surface area contributed by atoms with E-state index in [0.717, 1.165) is 13.1 Å². The van der Waals surface area contributed by atoms with Crippen LogP contribution in [0.15, 0.2) is 0 Å². The molecule has 1 aliphatic rings. The monoisotopic (exact) mass is 169 g/mol. The fourth-order valence-electron chi connectivity index (χ4n) is 1.04. The first-order valence-electron chi connectivity index (χ1n) is 3.78. The van der Waals surface area contributed by atoms with Crippen molar-refractivity contribution in [2.24, 2.45) is 0 Å². The molecule has 0 unspecified atom stereocenters. The molecule has 1 aliphatic heterocycles. The fourth-order valence-corrected chi connectivity index (χ4v) is 1.04. The number of rotatable bonds is 2. The number of morpholine rings is 1. The topological polar surface area (TPSA) is 38.8 Å². The van der Waals surface area contributed by atoms with Gasteiger partial charge in [0.2, 0.25) is 0 Å². The van der Waals surface area contributed by atoms with Crippen LogP contribution in [0.5, 0.6) is 0 Å². The molecule has 4 heteroatoms. The largest absolute Gasteiger partial charge is 0.379 e. The number of terminal acetylenes is 1. The van der Waals surface area contributed by atoms with Gasteiger partial charge in [-0.25, -0.2) is 4.79 Å². The van der Waals surface area contributed by atoms with Gasteiger partial charge >= 0.3 is 5.97 Å². The second kappa shape index (κ2) is 4.75. The summed E-state index contributed by atoms with van der Waals surface area (Å²) in [6.07, 6.45) is 6.65. The molecule has 0 spiro atoms. The van der Waals surface area contributed by atoms with E-state index >= 15 is 0 Å². The highest BCUT2D eigenvalue weighted by atomic mass is 16.5. The van der Waals surface area contributed by atoms with Gasteiger partial charge in [-0.05, 0) is 0 Å². The Morgan fingerprint density at radius 2 is 2.25 bits per heavy atom. The first-order valence-corrected chi connectivity index (χ1v) is 3.78. The maximum atomic E-state index is 10.9. The standard InChI is InChI=1S/C8H11NO3/c1-2-12-8(10)7-9-3-5-11-6-4-9/h1H,3-7H2. The van der Waals surface area contributed by atoms with Crippen molar-refractivity contribution in [1.82, 2.24) is 4.90 Å². The average Bonchev–Trinajstić information content (AvgIpc) is 2.06. The summed E-state index contributed by atoms with van der Waals surface area (Å²) in [6, 6.07) is 0. The number of carbonyl (C=O) groups is 1. The van der Waals surface area contributed by atoms with Crippen LogP contribution in [0.4, 0.5) is 0 Å². The molecule has 1 fully saturated rings. The summed E-state index contributed by atoms with van der Waals surface area (Å²) in [7, 11) is 0. The van der Waals surface area contributed by atoms with Gasteiger partial charge in [0.05, 0.1) is 19.8 Å². The Kier molecular flexibility index (Phi) is 3.58. The van der Waals surface area contributed by atoms with Gasteiger partial charge in [0, 0.05) is 13.1 Å².